The Bertz CT molecular complexity index is 1110. The second kappa shape index (κ2) is 12.9. The van der Waals surface area contributed by atoms with Crippen LogP contribution in [0.2, 0.25) is 0 Å². The molecule has 2 aromatic carbocycles. The summed E-state index contributed by atoms with van der Waals surface area (Å²) in [5, 5.41) is 0. The molecule has 0 aliphatic heterocycles. The van der Waals surface area contributed by atoms with Crippen molar-refractivity contribution in [2.24, 2.45) is 0 Å². The second-order valence-electron chi connectivity index (χ2n) is 10.1. The maximum absolute atomic E-state index is 13.7. The van der Waals surface area contributed by atoms with E-state index in [1.807, 2.05) is 4.90 Å². The molecule has 1 saturated carbocycles. The van der Waals surface area contributed by atoms with Gasteiger partial charge in [-0.15, -0.1) is 0 Å². The lowest BCUT2D eigenvalue weighted by Crippen LogP contribution is -2.44. The van der Waals surface area contributed by atoms with Crippen LogP contribution in [0, 0.1) is 5.82 Å². The summed E-state index contributed by atoms with van der Waals surface area (Å²) < 4.78 is 105. The number of rotatable bonds is 10. The molecule has 0 radical (unpaired) electrons. The number of benzene rings is 2. The van der Waals surface area contributed by atoms with E-state index in [1.165, 1.54) is 31.1 Å². The first-order valence-corrected chi connectivity index (χ1v) is 12.7. The zero-order valence-corrected chi connectivity index (χ0v) is 22.7. The Morgan fingerprint density at radius 3 is 2.08 bits per heavy atom. The van der Waals surface area contributed by atoms with Crippen molar-refractivity contribution < 1.29 is 45.0 Å². The second-order valence-corrected chi connectivity index (χ2v) is 10.1. The van der Waals surface area contributed by atoms with Crippen LogP contribution in [0.25, 0.3) is 0 Å². The van der Waals surface area contributed by atoms with Gasteiger partial charge in [0.05, 0.1) is 36.5 Å². The molecule has 5 nitrogen and oxygen atoms in total. The summed E-state index contributed by atoms with van der Waals surface area (Å²) >= 11 is 0. The normalized spacial score (nSPS) is 20.6. The van der Waals surface area contributed by atoms with E-state index in [-0.39, 0.29) is 30.1 Å². The zero-order chi connectivity index (χ0) is 29.8. The van der Waals surface area contributed by atoms with Crippen molar-refractivity contribution in [3.63, 3.8) is 0 Å². The van der Waals surface area contributed by atoms with Gasteiger partial charge in [-0.3, -0.25) is 9.69 Å². The molecule has 222 valence electrons. The van der Waals surface area contributed by atoms with Crippen molar-refractivity contribution in [3.8, 4) is 0 Å². The summed E-state index contributed by atoms with van der Waals surface area (Å²) in [5.41, 5.74) is -2.40. The third-order valence-electron chi connectivity index (χ3n) is 7.28. The number of carbonyl (C=O) groups excluding carboxylic acids is 1. The van der Waals surface area contributed by atoms with Gasteiger partial charge < -0.3 is 14.4 Å². The van der Waals surface area contributed by atoms with Gasteiger partial charge in [0.15, 0.2) is 0 Å². The maximum Gasteiger partial charge on any atom is 0.416 e. The Morgan fingerprint density at radius 2 is 1.55 bits per heavy atom. The lowest BCUT2D eigenvalue weighted by atomic mass is 9.91. The molecular weight excluding hydrogens is 545 g/mol. The molecule has 1 aliphatic rings. The van der Waals surface area contributed by atoms with Gasteiger partial charge in [0.1, 0.15) is 5.82 Å². The third kappa shape index (κ3) is 7.94. The van der Waals surface area contributed by atoms with E-state index in [0.717, 1.165) is 0 Å². The number of alkyl halides is 6. The molecule has 0 saturated heterocycles. The van der Waals surface area contributed by atoms with Gasteiger partial charge in [0.2, 0.25) is 5.91 Å². The molecule has 0 N–H and O–H groups in total. The van der Waals surface area contributed by atoms with E-state index in [2.05, 4.69) is 0 Å². The van der Waals surface area contributed by atoms with Crippen LogP contribution in [0.1, 0.15) is 54.0 Å². The fraction of sp³-hybridized carbons (Fsp3) is 0.536. The molecule has 3 rings (SSSR count). The lowest BCUT2D eigenvalue weighted by Gasteiger charge is -2.34. The topological polar surface area (TPSA) is 42.0 Å². The molecule has 1 fully saturated rings. The molecule has 0 aromatic heterocycles. The van der Waals surface area contributed by atoms with Gasteiger partial charge >= 0.3 is 12.4 Å². The first kappa shape index (κ1) is 31.8. The number of hydrogen-bond donors (Lipinski definition) is 0. The molecule has 0 bridgehead atoms. The molecule has 1 amide bonds. The number of hydrogen-bond acceptors (Lipinski definition) is 4. The van der Waals surface area contributed by atoms with Crippen molar-refractivity contribution in [1.82, 2.24) is 9.80 Å². The van der Waals surface area contributed by atoms with Gasteiger partial charge in [-0.05, 0) is 68.3 Å². The van der Waals surface area contributed by atoms with Gasteiger partial charge in [0, 0.05) is 32.7 Å². The standard InChI is InChI=1S/C28H33F7N2O3/c1-17(19-13-20(27(30,31)32)15-21(14-19)28(33,34)35)40-24-10-9-23(26(24)18-5-7-22(29)8-6-18)37(3)16-25(38)36(2)11-12-39-4/h5-8,13-15,17,23-24,26H,9-12,16H2,1-4H3/t17-,23-,24+,26+/m1/s1. The lowest BCUT2D eigenvalue weighted by molar-refractivity contribution is -0.143. The Morgan fingerprint density at radius 1 is 0.975 bits per heavy atom. The van der Waals surface area contributed by atoms with Gasteiger partial charge in [-0.25, -0.2) is 4.39 Å². The Labute approximate surface area is 228 Å². The molecule has 0 heterocycles. The average Bonchev–Trinajstić information content (AvgIpc) is 3.29. The van der Waals surface area contributed by atoms with Crippen LogP contribution >= 0.6 is 0 Å². The van der Waals surface area contributed by atoms with Crippen LogP contribution in [0.15, 0.2) is 42.5 Å². The van der Waals surface area contributed by atoms with E-state index < -0.39 is 47.4 Å². The van der Waals surface area contributed by atoms with E-state index in [9.17, 15) is 35.5 Å². The molecule has 0 spiro atoms. The fourth-order valence-corrected chi connectivity index (χ4v) is 5.07. The highest BCUT2D eigenvalue weighted by Crippen LogP contribution is 2.43. The van der Waals surface area contributed by atoms with Crippen LogP contribution in [-0.4, -0.2) is 68.8 Å². The number of amides is 1. The number of halogens is 7. The molecule has 12 heteroatoms. The summed E-state index contributed by atoms with van der Waals surface area (Å²) in [6, 6.07) is 6.86. The highest BCUT2D eigenvalue weighted by molar-refractivity contribution is 5.78. The van der Waals surface area contributed by atoms with E-state index in [0.29, 0.717) is 43.7 Å². The SMILES string of the molecule is COCCN(C)C(=O)CN(C)[C@@H]1CC[C@H](O[C@H](C)c2cc(C(F)(F)F)cc(C(F)(F)F)c2)[C@H]1c1ccc(F)cc1. The Balaban J connectivity index is 1.88. The summed E-state index contributed by atoms with van der Waals surface area (Å²) in [5.74, 6) is -1.03. The number of methoxy groups -OCH3 is 1. The quantitative estimate of drug-likeness (QED) is 0.311. The summed E-state index contributed by atoms with van der Waals surface area (Å²) in [6.07, 6.45) is -10.7. The average molecular weight is 579 g/mol. The molecular formula is C28H33F7N2O3. The minimum absolute atomic E-state index is 0.0629. The monoisotopic (exact) mass is 578 g/mol. The van der Waals surface area contributed by atoms with Crippen molar-refractivity contribution in [1.29, 1.82) is 0 Å². The van der Waals surface area contributed by atoms with Crippen molar-refractivity contribution >= 4 is 5.91 Å². The van der Waals surface area contributed by atoms with Gasteiger partial charge in [-0.2, -0.15) is 26.3 Å². The molecule has 40 heavy (non-hydrogen) atoms. The van der Waals surface area contributed by atoms with Gasteiger partial charge in [0.25, 0.3) is 0 Å². The minimum atomic E-state index is -4.98. The van der Waals surface area contributed by atoms with Crippen LogP contribution in [0.4, 0.5) is 30.7 Å². The van der Waals surface area contributed by atoms with E-state index >= 15 is 0 Å². The van der Waals surface area contributed by atoms with Crippen LogP contribution in [0.3, 0.4) is 0 Å². The van der Waals surface area contributed by atoms with Crippen LogP contribution < -0.4 is 0 Å². The van der Waals surface area contributed by atoms with Crippen molar-refractivity contribution in [2.45, 2.75) is 56.3 Å². The van der Waals surface area contributed by atoms with Crippen molar-refractivity contribution in [3.05, 3.63) is 70.5 Å². The highest BCUT2D eigenvalue weighted by atomic mass is 19.4. The van der Waals surface area contributed by atoms with Crippen LogP contribution in [-0.2, 0) is 26.6 Å². The largest absolute Gasteiger partial charge is 0.416 e. The Kier molecular flexibility index (Phi) is 10.2. The van der Waals surface area contributed by atoms with E-state index in [1.54, 1.807) is 26.2 Å². The number of nitrogens with zero attached hydrogens (tertiary/aromatic N) is 2. The summed E-state index contributed by atoms with van der Waals surface area (Å²) in [4.78, 5) is 16.1. The van der Waals surface area contributed by atoms with E-state index in [4.69, 9.17) is 9.47 Å². The predicted octanol–water partition coefficient (Wildman–Crippen LogP) is 6.29. The third-order valence-corrected chi connectivity index (χ3v) is 7.28. The number of likely N-dealkylation sites (N-methyl/N-ethyl adjacent to an activating group) is 2. The van der Waals surface area contributed by atoms with Crippen LogP contribution in [0.5, 0.6) is 0 Å². The minimum Gasteiger partial charge on any atom is -0.383 e. The Hall–Kier alpha value is -2.70. The summed E-state index contributed by atoms with van der Waals surface area (Å²) in [7, 11) is 4.94. The first-order chi connectivity index (χ1) is 18.6. The molecule has 2 aromatic rings. The van der Waals surface area contributed by atoms with Gasteiger partial charge in [-0.1, -0.05) is 12.1 Å². The predicted molar refractivity (Wildman–Crippen MR) is 134 cm³/mol. The number of carbonyl (C=O) groups is 1. The molecule has 4 atom stereocenters. The maximum atomic E-state index is 13.7. The molecule has 1 aliphatic carbocycles. The summed E-state index contributed by atoms with van der Waals surface area (Å²) in [6.45, 7) is 2.23. The smallest absolute Gasteiger partial charge is 0.383 e. The zero-order valence-electron chi connectivity index (χ0n) is 22.7. The number of ether oxygens (including phenoxy) is 2. The highest BCUT2D eigenvalue weighted by Gasteiger charge is 2.42. The first-order valence-electron chi connectivity index (χ1n) is 12.7. The fourth-order valence-electron chi connectivity index (χ4n) is 5.07. The van der Waals surface area contributed by atoms with Crippen molar-refractivity contribution in [2.75, 3.05) is 40.9 Å². The molecule has 0 unspecified atom stereocenters.